The summed E-state index contributed by atoms with van der Waals surface area (Å²) in [5.74, 6) is 0. The first-order valence-electron chi connectivity index (χ1n) is 10.7. The van der Waals surface area contributed by atoms with E-state index < -0.39 is 0 Å². The van der Waals surface area contributed by atoms with E-state index in [0.29, 0.717) is 0 Å². The van der Waals surface area contributed by atoms with Gasteiger partial charge in [0, 0.05) is 48.3 Å². The van der Waals surface area contributed by atoms with Crippen LogP contribution >= 0.6 is 39.1 Å². The smallest absolute Gasteiger partial charge is 0.175 e. The van der Waals surface area contributed by atoms with Crippen LogP contribution in [-0.2, 0) is 6.54 Å². The third-order valence-electron chi connectivity index (χ3n) is 6.04. The molecule has 0 aliphatic carbocycles. The molecule has 0 saturated carbocycles. The summed E-state index contributed by atoms with van der Waals surface area (Å²) in [4.78, 5) is 13.1. The number of nitrogens with zero attached hydrogens (tertiary/aromatic N) is 3. The third kappa shape index (κ3) is 4.73. The standard InChI is InChI=1S/C25H23BrCl2N4/c26-25-29-22-9-3-8-21(23(22)30-25)24(18-5-2-7-20(28)15-18)32-12-10-31(11-13-32)16-17-4-1-6-19(27)14-17/h1-9,14-15,24H,10-13,16H2,(H,29,30). The van der Waals surface area contributed by atoms with Crippen molar-refractivity contribution in [3.8, 4) is 0 Å². The summed E-state index contributed by atoms with van der Waals surface area (Å²) in [6.45, 7) is 4.81. The summed E-state index contributed by atoms with van der Waals surface area (Å²) in [6.07, 6.45) is 0. The molecule has 1 fully saturated rings. The SMILES string of the molecule is Clc1cccc(CN2CCN(C(c3cccc(Cl)c3)c3cccc4[nH]c(Br)nc34)CC2)c1. The zero-order chi connectivity index (χ0) is 22.1. The normalized spacial score (nSPS) is 16.5. The highest BCUT2D eigenvalue weighted by Gasteiger charge is 2.28. The quantitative estimate of drug-likeness (QED) is 0.319. The van der Waals surface area contributed by atoms with Crippen molar-refractivity contribution in [1.82, 2.24) is 19.8 Å². The topological polar surface area (TPSA) is 35.2 Å². The zero-order valence-electron chi connectivity index (χ0n) is 17.4. The third-order valence-corrected chi connectivity index (χ3v) is 6.89. The number of aromatic amines is 1. The van der Waals surface area contributed by atoms with Crippen molar-refractivity contribution < 1.29 is 0 Å². The molecule has 3 aromatic carbocycles. The van der Waals surface area contributed by atoms with Gasteiger partial charge in [0.25, 0.3) is 0 Å². The summed E-state index contributed by atoms with van der Waals surface area (Å²) in [5, 5.41) is 1.54. The lowest BCUT2D eigenvalue weighted by Gasteiger charge is -2.40. The maximum atomic E-state index is 6.40. The first-order chi connectivity index (χ1) is 15.6. The largest absolute Gasteiger partial charge is 0.332 e. The second-order valence-electron chi connectivity index (χ2n) is 8.17. The fourth-order valence-corrected chi connectivity index (χ4v) is 5.38. The van der Waals surface area contributed by atoms with Crippen LogP contribution < -0.4 is 0 Å². The molecule has 1 aromatic heterocycles. The Balaban J connectivity index is 1.43. The zero-order valence-corrected chi connectivity index (χ0v) is 20.5. The molecule has 0 bridgehead atoms. The van der Waals surface area contributed by atoms with Gasteiger partial charge in [0.05, 0.1) is 17.1 Å². The molecule has 4 nitrogen and oxygen atoms in total. The molecule has 1 unspecified atom stereocenters. The van der Waals surface area contributed by atoms with Crippen LogP contribution in [0.3, 0.4) is 0 Å². The number of piperazine rings is 1. The number of hydrogen-bond acceptors (Lipinski definition) is 3. The molecule has 32 heavy (non-hydrogen) atoms. The van der Waals surface area contributed by atoms with E-state index in [1.54, 1.807) is 0 Å². The van der Waals surface area contributed by atoms with Gasteiger partial charge in [-0.3, -0.25) is 9.80 Å². The summed E-state index contributed by atoms with van der Waals surface area (Å²) < 4.78 is 0.746. The molecule has 1 aliphatic heterocycles. The number of imidazole rings is 1. The van der Waals surface area contributed by atoms with Gasteiger partial charge in [-0.25, -0.2) is 4.98 Å². The van der Waals surface area contributed by atoms with Crippen molar-refractivity contribution in [3.05, 3.63) is 98.2 Å². The number of H-pyrrole nitrogens is 1. The van der Waals surface area contributed by atoms with Crippen LogP contribution in [0.1, 0.15) is 22.7 Å². The highest BCUT2D eigenvalue weighted by molar-refractivity contribution is 9.10. The number of hydrogen-bond donors (Lipinski definition) is 1. The van der Waals surface area contributed by atoms with Crippen molar-refractivity contribution in [1.29, 1.82) is 0 Å². The molecule has 1 aliphatic rings. The van der Waals surface area contributed by atoms with Gasteiger partial charge >= 0.3 is 0 Å². The van der Waals surface area contributed by atoms with Gasteiger partial charge in [-0.2, -0.15) is 0 Å². The maximum absolute atomic E-state index is 6.40. The Kier molecular flexibility index (Phi) is 6.54. The van der Waals surface area contributed by atoms with Gasteiger partial charge in [0.2, 0.25) is 0 Å². The average Bonchev–Trinajstić information content (AvgIpc) is 3.16. The van der Waals surface area contributed by atoms with Gasteiger partial charge in [-0.15, -0.1) is 0 Å². The van der Waals surface area contributed by atoms with Crippen LogP contribution in [0.15, 0.2) is 71.5 Å². The fraction of sp³-hybridized carbons (Fsp3) is 0.240. The van der Waals surface area contributed by atoms with Gasteiger partial charge < -0.3 is 4.98 Å². The Labute approximate surface area is 206 Å². The lowest BCUT2D eigenvalue weighted by Crippen LogP contribution is -2.47. The molecular weight excluding hydrogens is 507 g/mol. The van der Waals surface area contributed by atoms with Crippen LogP contribution in [0.2, 0.25) is 10.0 Å². The second-order valence-corrected chi connectivity index (χ2v) is 9.79. The van der Waals surface area contributed by atoms with E-state index in [2.05, 4.69) is 73.2 Å². The van der Waals surface area contributed by atoms with E-state index in [1.807, 2.05) is 24.3 Å². The molecule has 2 heterocycles. The Morgan fingerprint density at radius 3 is 2.38 bits per heavy atom. The Morgan fingerprint density at radius 2 is 1.62 bits per heavy atom. The van der Waals surface area contributed by atoms with E-state index >= 15 is 0 Å². The molecule has 5 rings (SSSR count). The Morgan fingerprint density at radius 1 is 0.906 bits per heavy atom. The van der Waals surface area contributed by atoms with Crippen LogP contribution in [-0.4, -0.2) is 45.9 Å². The van der Waals surface area contributed by atoms with Crippen LogP contribution in [0.4, 0.5) is 0 Å². The molecule has 1 N–H and O–H groups in total. The predicted octanol–water partition coefficient (Wildman–Crippen LogP) is 6.54. The number of halogens is 3. The molecule has 0 radical (unpaired) electrons. The number of rotatable bonds is 5. The lowest BCUT2D eigenvalue weighted by molar-refractivity contribution is 0.105. The molecule has 7 heteroatoms. The summed E-state index contributed by atoms with van der Waals surface area (Å²) in [6, 6.07) is 22.8. The highest BCUT2D eigenvalue weighted by atomic mass is 79.9. The molecule has 164 valence electrons. The van der Waals surface area contributed by atoms with E-state index in [-0.39, 0.29) is 6.04 Å². The van der Waals surface area contributed by atoms with Gasteiger partial charge in [-0.05, 0) is 57.4 Å². The Hall–Kier alpha value is -1.89. The molecular formula is C25H23BrCl2N4. The number of benzene rings is 3. The van der Waals surface area contributed by atoms with Crippen molar-refractivity contribution in [3.63, 3.8) is 0 Å². The van der Waals surface area contributed by atoms with Gasteiger partial charge in [0.1, 0.15) is 0 Å². The molecule has 1 saturated heterocycles. The van der Waals surface area contributed by atoms with Crippen LogP contribution in [0, 0.1) is 0 Å². The average molecular weight is 530 g/mol. The van der Waals surface area contributed by atoms with Crippen LogP contribution in [0.5, 0.6) is 0 Å². The summed E-state index contributed by atoms with van der Waals surface area (Å²) in [7, 11) is 0. The predicted molar refractivity (Wildman–Crippen MR) is 135 cm³/mol. The number of para-hydroxylation sites is 1. The minimum absolute atomic E-state index is 0.0842. The van der Waals surface area contributed by atoms with Gasteiger partial charge in [0.15, 0.2) is 4.73 Å². The van der Waals surface area contributed by atoms with E-state index in [0.717, 1.165) is 58.5 Å². The monoisotopic (exact) mass is 528 g/mol. The molecule has 4 aromatic rings. The number of nitrogens with one attached hydrogen (secondary N) is 1. The Bertz CT molecular complexity index is 1230. The summed E-state index contributed by atoms with van der Waals surface area (Å²) in [5.41, 5.74) is 5.65. The van der Waals surface area contributed by atoms with E-state index in [1.165, 1.54) is 16.7 Å². The maximum Gasteiger partial charge on any atom is 0.175 e. The number of fused-ring (bicyclic) bond motifs is 1. The van der Waals surface area contributed by atoms with Crippen molar-refractivity contribution >= 4 is 50.2 Å². The molecule has 0 amide bonds. The van der Waals surface area contributed by atoms with E-state index in [4.69, 9.17) is 28.2 Å². The second kappa shape index (κ2) is 9.54. The minimum atomic E-state index is 0.0842. The lowest BCUT2D eigenvalue weighted by atomic mass is 9.95. The first-order valence-corrected chi connectivity index (χ1v) is 12.2. The summed E-state index contributed by atoms with van der Waals surface area (Å²) >= 11 is 16.1. The molecule has 1 atom stereocenters. The number of aromatic nitrogens is 2. The van der Waals surface area contributed by atoms with Crippen molar-refractivity contribution in [2.45, 2.75) is 12.6 Å². The minimum Gasteiger partial charge on any atom is -0.332 e. The van der Waals surface area contributed by atoms with Crippen LogP contribution in [0.25, 0.3) is 11.0 Å². The molecule has 0 spiro atoms. The first kappa shape index (κ1) is 21.9. The van der Waals surface area contributed by atoms with Crippen molar-refractivity contribution in [2.24, 2.45) is 0 Å². The van der Waals surface area contributed by atoms with Gasteiger partial charge in [-0.1, -0.05) is 59.6 Å². The highest BCUT2D eigenvalue weighted by Crippen LogP contribution is 2.35. The fourth-order valence-electron chi connectivity index (χ4n) is 4.58. The van der Waals surface area contributed by atoms with Crippen molar-refractivity contribution in [2.75, 3.05) is 26.2 Å². The van der Waals surface area contributed by atoms with E-state index in [9.17, 15) is 0 Å².